The van der Waals surface area contributed by atoms with Gasteiger partial charge in [0.25, 0.3) is 0 Å². The summed E-state index contributed by atoms with van der Waals surface area (Å²) in [4.78, 5) is 22.3. The van der Waals surface area contributed by atoms with Crippen LogP contribution < -0.4 is 26.1 Å². The van der Waals surface area contributed by atoms with E-state index in [9.17, 15) is 0 Å². The average Bonchev–Trinajstić information content (AvgIpc) is 3.13. The van der Waals surface area contributed by atoms with Gasteiger partial charge in [-0.2, -0.15) is 0 Å². The Kier molecular flexibility index (Phi) is 9.67. The summed E-state index contributed by atoms with van der Waals surface area (Å²) in [5.41, 5.74) is 5.29. The molecule has 1 saturated heterocycles. The lowest BCUT2D eigenvalue weighted by atomic mass is 9.83. The Hall–Kier alpha value is -2.80. The van der Waals surface area contributed by atoms with Crippen molar-refractivity contribution in [3.8, 4) is 0 Å². The van der Waals surface area contributed by atoms with E-state index in [-0.39, 0.29) is 5.92 Å². The minimum atomic E-state index is 0.247. The molecule has 0 amide bonds. The molecule has 2 unspecified atom stereocenters. The lowest BCUT2D eigenvalue weighted by Crippen LogP contribution is -2.49. The van der Waals surface area contributed by atoms with E-state index in [2.05, 4.69) is 59.7 Å². The van der Waals surface area contributed by atoms with E-state index in [1.807, 2.05) is 20.1 Å². The Balaban J connectivity index is 0.00000156. The Morgan fingerprint density at radius 3 is 2.65 bits per heavy atom. The molecular formula is C30H45N7. The van der Waals surface area contributed by atoms with Crippen molar-refractivity contribution in [1.82, 2.24) is 20.6 Å². The molecule has 3 aliphatic heterocycles. The average molecular weight is 504 g/mol. The monoisotopic (exact) mass is 503 g/mol. The maximum absolute atomic E-state index is 5.34. The van der Waals surface area contributed by atoms with Gasteiger partial charge in [-0.15, -0.1) is 0 Å². The molecule has 2 N–H and O–H groups in total. The Morgan fingerprint density at radius 2 is 1.86 bits per heavy atom. The molecule has 1 aliphatic carbocycles. The quantitative estimate of drug-likeness (QED) is 0.658. The second-order valence-corrected chi connectivity index (χ2v) is 10.1. The third-order valence-corrected chi connectivity index (χ3v) is 7.89. The molecule has 2 atom stereocenters. The molecule has 1 fully saturated rings. The molecule has 7 heteroatoms. The zero-order valence-electron chi connectivity index (χ0n) is 23.5. The predicted octanol–water partition coefficient (Wildman–Crippen LogP) is 3.45. The van der Waals surface area contributed by atoms with Crippen LogP contribution in [-0.2, 0) is 0 Å². The van der Waals surface area contributed by atoms with E-state index in [1.165, 1.54) is 34.9 Å². The van der Waals surface area contributed by atoms with Crippen LogP contribution in [0.3, 0.4) is 0 Å². The Morgan fingerprint density at radius 1 is 1.08 bits per heavy atom. The SMILES string of the molecule is CC.CCC(C)C1=c2c(N3CCNCC3)nc(/C3=C/C=N\CNC4=C(CCCC4)C3C)nc2=CCN=C1. The van der Waals surface area contributed by atoms with Crippen molar-refractivity contribution >= 4 is 35.5 Å². The molecule has 0 aromatic carbocycles. The van der Waals surface area contributed by atoms with E-state index < -0.39 is 0 Å². The van der Waals surface area contributed by atoms with E-state index in [4.69, 9.17) is 15.0 Å². The van der Waals surface area contributed by atoms with Crippen LogP contribution in [0.15, 0.2) is 27.3 Å². The summed E-state index contributed by atoms with van der Waals surface area (Å²) in [6, 6.07) is 0. The number of allylic oxidation sites excluding steroid dienone is 4. The molecule has 1 aromatic rings. The second kappa shape index (κ2) is 13.1. The fourth-order valence-electron chi connectivity index (χ4n) is 5.61. The summed E-state index contributed by atoms with van der Waals surface area (Å²) in [6.45, 7) is 16.0. The number of nitrogens with zero attached hydrogens (tertiary/aromatic N) is 5. The Bertz CT molecular complexity index is 1190. The van der Waals surface area contributed by atoms with Gasteiger partial charge >= 0.3 is 0 Å². The van der Waals surface area contributed by atoms with Gasteiger partial charge in [-0.1, -0.05) is 34.6 Å². The molecule has 0 saturated carbocycles. The number of nitrogens with one attached hydrogen (secondary N) is 2. The highest BCUT2D eigenvalue weighted by atomic mass is 15.2. The summed E-state index contributed by atoms with van der Waals surface area (Å²) in [5, 5.41) is 9.27. The fourth-order valence-corrected chi connectivity index (χ4v) is 5.61. The topological polar surface area (TPSA) is 77.8 Å². The highest BCUT2D eigenvalue weighted by Crippen LogP contribution is 2.35. The van der Waals surface area contributed by atoms with Crippen LogP contribution in [0.4, 0.5) is 5.82 Å². The molecular weight excluding hydrogens is 458 g/mol. The molecule has 0 radical (unpaired) electrons. The van der Waals surface area contributed by atoms with Gasteiger partial charge in [0.15, 0.2) is 5.82 Å². The summed E-state index contributed by atoms with van der Waals surface area (Å²) in [5.74, 6) is 2.54. The van der Waals surface area contributed by atoms with E-state index in [0.29, 0.717) is 19.1 Å². The second-order valence-electron chi connectivity index (χ2n) is 10.1. The number of piperazine rings is 1. The minimum absolute atomic E-state index is 0.247. The van der Waals surface area contributed by atoms with Gasteiger partial charge < -0.3 is 15.5 Å². The lowest BCUT2D eigenvalue weighted by molar-refractivity contribution is 0.580. The Labute approximate surface area is 222 Å². The molecule has 7 nitrogen and oxygen atoms in total. The van der Waals surface area contributed by atoms with Gasteiger partial charge in [0.05, 0.1) is 11.9 Å². The first-order chi connectivity index (χ1) is 18.2. The van der Waals surface area contributed by atoms with Crippen LogP contribution in [0.5, 0.6) is 0 Å². The first kappa shape index (κ1) is 27.2. The van der Waals surface area contributed by atoms with E-state index in [0.717, 1.165) is 68.0 Å². The van der Waals surface area contributed by atoms with Gasteiger partial charge in [-0.25, -0.2) is 9.97 Å². The molecule has 1 aromatic heterocycles. The lowest BCUT2D eigenvalue weighted by Gasteiger charge is -2.30. The smallest absolute Gasteiger partial charge is 0.158 e. The number of hydrogen-bond acceptors (Lipinski definition) is 7. The summed E-state index contributed by atoms with van der Waals surface area (Å²) in [7, 11) is 0. The number of hydrogen-bond donors (Lipinski definition) is 2. The third kappa shape index (κ3) is 6.03. The van der Waals surface area contributed by atoms with Crippen molar-refractivity contribution in [3.05, 3.63) is 33.7 Å². The van der Waals surface area contributed by atoms with Gasteiger partial charge in [0.2, 0.25) is 0 Å². The largest absolute Gasteiger partial charge is 0.370 e. The first-order valence-corrected chi connectivity index (χ1v) is 14.4. The van der Waals surface area contributed by atoms with Gasteiger partial charge in [-0.05, 0) is 61.3 Å². The maximum Gasteiger partial charge on any atom is 0.158 e. The summed E-state index contributed by atoms with van der Waals surface area (Å²) >= 11 is 0. The third-order valence-electron chi connectivity index (χ3n) is 7.89. The maximum atomic E-state index is 5.34. The number of aliphatic imine (C=N–C) groups is 2. The molecule has 4 heterocycles. The molecule has 5 rings (SSSR count). The molecule has 200 valence electrons. The summed E-state index contributed by atoms with van der Waals surface area (Å²) < 4.78 is 0. The standard InChI is InChI=1S/C28H39N7.C2H6/c1-4-19(2)23-17-30-12-10-25-26(23)28(35-15-13-29-14-16-35)34-27(33-25)22-9-11-31-18-32-24-8-6-5-7-21(24)20(22)3;1-2/h9-11,17,19-20,29,32H,4-8,12-16,18H2,1-3H3;1-2H3/b22-9+,31-11-;. The number of anilines is 1. The highest BCUT2D eigenvalue weighted by Gasteiger charge is 2.26. The van der Waals surface area contributed by atoms with Crippen LogP contribution in [0, 0.1) is 11.8 Å². The van der Waals surface area contributed by atoms with Crippen molar-refractivity contribution in [2.24, 2.45) is 21.8 Å². The van der Waals surface area contributed by atoms with Crippen LogP contribution in [-0.4, -0.2) is 61.8 Å². The first-order valence-electron chi connectivity index (χ1n) is 14.4. The van der Waals surface area contributed by atoms with Crippen molar-refractivity contribution in [2.75, 3.05) is 44.3 Å². The predicted molar refractivity (Wildman–Crippen MR) is 158 cm³/mol. The van der Waals surface area contributed by atoms with Crippen molar-refractivity contribution in [2.45, 2.75) is 66.7 Å². The minimum Gasteiger partial charge on any atom is -0.370 e. The van der Waals surface area contributed by atoms with Crippen LogP contribution in [0.1, 0.15) is 72.5 Å². The molecule has 0 spiro atoms. The molecule has 4 aliphatic rings. The van der Waals surface area contributed by atoms with Crippen molar-refractivity contribution in [3.63, 3.8) is 0 Å². The van der Waals surface area contributed by atoms with Crippen molar-refractivity contribution < 1.29 is 0 Å². The summed E-state index contributed by atoms with van der Waals surface area (Å²) in [6.07, 6.45) is 14.1. The van der Waals surface area contributed by atoms with Crippen LogP contribution >= 0.6 is 0 Å². The number of fused-ring (bicyclic) bond motifs is 1. The van der Waals surface area contributed by atoms with E-state index >= 15 is 0 Å². The van der Waals surface area contributed by atoms with E-state index in [1.54, 1.807) is 0 Å². The van der Waals surface area contributed by atoms with Crippen LogP contribution in [0.25, 0.3) is 17.2 Å². The van der Waals surface area contributed by atoms with Gasteiger partial charge in [0, 0.05) is 61.0 Å². The van der Waals surface area contributed by atoms with Gasteiger partial charge in [0.1, 0.15) is 12.5 Å². The number of rotatable bonds is 4. The van der Waals surface area contributed by atoms with Crippen LogP contribution in [0.2, 0.25) is 0 Å². The zero-order valence-corrected chi connectivity index (χ0v) is 23.5. The highest BCUT2D eigenvalue weighted by molar-refractivity contribution is 6.04. The molecule has 37 heavy (non-hydrogen) atoms. The van der Waals surface area contributed by atoms with Gasteiger partial charge in [-0.3, -0.25) is 9.98 Å². The fraction of sp³-hybridized carbons (Fsp3) is 0.600. The normalized spacial score (nSPS) is 24.8. The number of aromatic nitrogens is 2. The van der Waals surface area contributed by atoms with Crippen molar-refractivity contribution in [1.29, 1.82) is 0 Å². The zero-order chi connectivity index (χ0) is 26.2. The molecule has 0 bridgehead atoms.